The van der Waals surface area contributed by atoms with Crippen LogP contribution < -0.4 is 5.32 Å². The van der Waals surface area contributed by atoms with Crippen molar-refractivity contribution in [2.24, 2.45) is 5.41 Å². The minimum Gasteiger partial charge on any atom is -0.459 e. The lowest BCUT2D eigenvalue weighted by Gasteiger charge is -2.19. The average molecular weight is 272 g/mol. The number of rotatable bonds is 4. The van der Waals surface area contributed by atoms with Gasteiger partial charge < -0.3 is 9.73 Å². The summed E-state index contributed by atoms with van der Waals surface area (Å²) in [5, 5.41) is 4.48. The van der Waals surface area contributed by atoms with Gasteiger partial charge in [0, 0.05) is 24.0 Å². The summed E-state index contributed by atoms with van der Waals surface area (Å²) in [6, 6.07) is 8.37. The topological polar surface area (TPSA) is 28.4 Å². The normalized spacial score (nSPS) is 18.9. The predicted molar refractivity (Wildman–Crippen MR) is 82.7 cm³/mol. The summed E-state index contributed by atoms with van der Waals surface area (Å²) >= 11 is 0. The number of para-hydroxylation sites is 1. The largest absolute Gasteiger partial charge is 0.459 e. The molecular formula is C17H24N2O. The minimum absolute atomic E-state index is 0.447. The average Bonchev–Trinajstić information content (AvgIpc) is 2.92. The second kappa shape index (κ2) is 5.23. The Balaban J connectivity index is 1.91. The van der Waals surface area contributed by atoms with Gasteiger partial charge in [-0.1, -0.05) is 32.0 Å². The van der Waals surface area contributed by atoms with Gasteiger partial charge in [-0.25, -0.2) is 0 Å². The van der Waals surface area contributed by atoms with Gasteiger partial charge in [-0.3, -0.25) is 4.90 Å². The van der Waals surface area contributed by atoms with Crippen molar-refractivity contribution in [3.63, 3.8) is 0 Å². The molecule has 0 unspecified atom stereocenters. The molecule has 0 bridgehead atoms. The first kappa shape index (κ1) is 13.7. The Morgan fingerprint density at radius 2 is 2.10 bits per heavy atom. The Bertz CT molecular complexity index is 600. The van der Waals surface area contributed by atoms with Crippen LogP contribution in [0.4, 0.5) is 0 Å². The molecule has 0 amide bonds. The smallest absolute Gasteiger partial charge is 0.134 e. The molecule has 1 aromatic heterocycles. The molecule has 0 atom stereocenters. The van der Waals surface area contributed by atoms with Crippen molar-refractivity contribution in [1.29, 1.82) is 0 Å². The Hall–Kier alpha value is -1.32. The molecule has 1 fully saturated rings. The van der Waals surface area contributed by atoms with E-state index in [2.05, 4.69) is 42.3 Å². The zero-order valence-electron chi connectivity index (χ0n) is 12.7. The van der Waals surface area contributed by atoms with E-state index in [9.17, 15) is 0 Å². The zero-order chi connectivity index (χ0) is 14.2. The molecule has 108 valence electrons. The van der Waals surface area contributed by atoms with Crippen LogP contribution in [0.5, 0.6) is 0 Å². The zero-order valence-corrected chi connectivity index (χ0v) is 12.7. The van der Waals surface area contributed by atoms with Gasteiger partial charge in [0.1, 0.15) is 11.3 Å². The Morgan fingerprint density at radius 3 is 2.80 bits per heavy atom. The molecule has 0 saturated carbocycles. The van der Waals surface area contributed by atoms with Crippen LogP contribution in [-0.4, -0.2) is 25.0 Å². The van der Waals surface area contributed by atoms with Crippen LogP contribution in [0, 0.1) is 5.41 Å². The summed E-state index contributed by atoms with van der Waals surface area (Å²) in [6.07, 6.45) is 1.28. The molecular weight excluding hydrogens is 248 g/mol. The van der Waals surface area contributed by atoms with Gasteiger partial charge in [-0.05, 0) is 31.5 Å². The van der Waals surface area contributed by atoms with Crippen molar-refractivity contribution < 1.29 is 4.42 Å². The van der Waals surface area contributed by atoms with Gasteiger partial charge in [0.2, 0.25) is 0 Å². The maximum absolute atomic E-state index is 6.01. The van der Waals surface area contributed by atoms with Gasteiger partial charge in [0.25, 0.3) is 0 Å². The summed E-state index contributed by atoms with van der Waals surface area (Å²) in [7, 11) is 1.97. The SMILES string of the molecule is CNCc1oc2ccccc2c1CN1CCC(C)(C)C1. The van der Waals surface area contributed by atoms with Gasteiger partial charge in [-0.15, -0.1) is 0 Å². The van der Waals surface area contributed by atoms with E-state index in [4.69, 9.17) is 4.42 Å². The van der Waals surface area contributed by atoms with Gasteiger partial charge in [0.05, 0.1) is 6.54 Å². The summed E-state index contributed by atoms with van der Waals surface area (Å²) in [5.41, 5.74) is 2.81. The molecule has 20 heavy (non-hydrogen) atoms. The first-order valence-electron chi connectivity index (χ1n) is 7.45. The third-order valence-electron chi connectivity index (χ3n) is 4.26. The second-order valence-corrected chi connectivity index (χ2v) is 6.66. The van der Waals surface area contributed by atoms with E-state index in [-0.39, 0.29) is 0 Å². The molecule has 1 aromatic carbocycles. The predicted octanol–water partition coefficient (Wildman–Crippen LogP) is 3.38. The van der Waals surface area contributed by atoms with E-state index in [1.165, 1.54) is 30.5 Å². The number of fused-ring (bicyclic) bond motifs is 1. The van der Waals surface area contributed by atoms with E-state index in [0.29, 0.717) is 5.41 Å². The van der Waals surface area contributed by atoms with Crippen LogP contribution in [0.2, 0.25) is 0 Å². The molecule has 0 spiro atoms. The molecule has 0 radical (unpaired) electrons. The van der Waals surface area contributed by atoms with Crippen molar-refractivity contribution >= 4 is 11.0 Å². The lowest BCUT2D eigenvalue weighted by atomic mass is 9.93. The minimum atomic E-state index is 0.447. The van der Waals surface area contributed by atoms with Crippen molar-refractivity contribution in [3.8, 4) is 0 Å². The highest BCUT2D eigenvalue weighted by molar-refractivity contribution is 5.82. The molecule has 3 nitrogen and oxygen atoms in total. The van der Waals surface area contributed by atoms with E-state index in [1.807, 2.05) is 13.1 Å². The van der Waals surface area contributed by atoms with Crippen molar-refractivity contribution in [3.05, 3.63) is 35.6 Å². The van der Waals surface area contributed by atoms with Crippen LogP contribution in [-0.2, 0) is 13.1 Å². The second-order valence-electron chi connectivity index (χ2n) is 6.66. The fourth-order valence-electron chi connectivity index (χ4n) is 3.21. The number of likely N-dealkylation sites (tertiary alicyclic amines) is 1. The van der Waals surface area contributed by atoms with Crippen LogP contribution in [0.3, 0.4) is 0 Å². The lowest BCUT2D eigenvalue weighted by Crippen LogP contribution is -2.23. The van der Waals surface area contributed by atoms with Crippen LogP contribution in [0.1, 0.15) is 31.6 Å². The third-order valence-corrected chi connectivity index (χ3v) is 4.26. The molecule has 3 heteroatoms. The summed E-state index contributed by atoms with van der Waals surface area (Å²) in [4.78, 5) is 2.55. The van der Waals surface area contributed by atoms with Crippen molar-refractivity contribution in [1.82, 2.24) is 10.2 Å². The highest BCUT2D eigenvalue weighted by Gasteiger charge is 2.30. The molecule has 1 N–H and O–H groups in total. The number of nitrogens with one attached hydrogen (secondary N) is 1. The van der Waals surface area contributed by atoms with E-state index in [1.54, 1.807) is 0 Å². The van der Waals surface area contributed by atoms with Crippen LogP contribution in [0.25, 0.3) is 11.0 Å². The van der Waals surface area contributed by atoms with Gasteiger partial charge in [-0.2, -0.15) is 0 Å². The molecule has 0 aliphatic carbocycles. The maximum atomic E-state index is 6.01. The maximum Gasteiger partial charge on any atom is 0.134 e. The van der Waals surface area contributed by atoms with Crippen molar-refractivity contribution in [2.75, 3.05) is 20.1 Å². The third kappa shape index (κ3) is 2.60. The number of hydrogen-bond acceptors (Lipinski definition) is 3. The monoisotopic (exact) mass is 272 g/mol. The number of furan rings is 1. The molecule has 2 heterocycles. The van der Waals surface area contributed by atoms with E-state index < -0.39 is 0 Å². The molecule has 3 rings (SSSR count). The Labute approximate surface area is 120 Å². The Kier molecular flexibility index (Phi) is 3.57. The molecule has 1 aliphatic rings. The lowest BCUT2D eigenvalue weighted by molar-refractivity contribution is 0.282. The molecule has 1 saturated heterocycles. The number of benzene rings is 1. The fourth-order valence-corrected chi connectivity index (χ4v) is 3.21. The number of hydrogen-bond donors (Lipinski definition) is 1. The summed E-state index contributed by atoms with van der Waals surface area (Å²) in [5.74, 6) is 1.08. The van der Waals surface area contributed by atoms with Gasteiger partial charge in [0.15, 0.2) is 0 Å². The highest BCUT2D eigenvalue weighted by atomic mass is 16.3. The molecule has 2 aromatic rings. The quantitative estimate of drug-likeness (QED) is 0.925. The fraction of sp³-hybridized carbons (Fsp3) is 0.529. The highest BCUT2D eigenvalue weighted by Crippen LogP contribution is 2.33. The Morgan fingerprint density at radius 1 is 1.30 bits per heavy atom. The van der Waals surface area contributed by atoms with Crippen molar-refractivity contribution in [2.45, 2.75) is 33.4 Å². The first-order valence-corrected chi connectivity index (χ1v) is 7.45. The summed E-state index contributed by atoms with van der Waals surface area (Å²) < 4.78 is 6.01. The van der Waals surface area contributed by atoms with E-state index >= 15 is 0 Å². The van der Waals surface area contributed by atoms with E-state index in [0.717, 1.165) is 24.4 Å². The van der Waals surface area contributed by atoms with Crippen LogP contribution >= 0.6 is 0 Å². The first-order chi connectivity index (χ1) is 9.59. The number of nitrogens with zero attached hydrogens (tertiary/aromatic N) is 1. The van der Waals surface area contributed by atoms with Crippen LogP contribution in [0.15, 0.2) is 28.7 Å². The standard InChI is InChI=1S/C17H24N2O/c1-17(2)8-9-19(12-17)11-14-13-6-4-5-7-15(13)20-16(14)10-18-3/h4-7,18H,8-12H2,1-3H3. The summed E-state index contributed by atoms with van der Waals surface area (Å²) in [6.45, 7) is 8.86. The molecule has 1 aliphatic heterocycles. The van der Waals surface area contributed by atoms with Gasteiger partial charge >= 0.3 is 0 Å².